The van der Waals surface area contributed by atoms with Crippen LogP contribution < -0.4 is 5.19 Å². The van der Waals surface area contributed by atoms with E-state index in [-0.39, 0.29) is 25.5 Å². The largest absolute Gasteiger partial charge is 0.501 e. The number of pyridine rings is 2. The van der Waals surface area contributed by atoms with Crippen LogP contribution in [0, 0.1) is 26.0 Å². The Morgan fingerprint density at radius 2 is 1.57 bits per heavy atom. The third-order valence-electron chi connectivity index (χ3n) is 7.33. The van der Waals surface area contributed by atoms with Crippen molar-refractivity contribution in [1.82, 2.24) is 9.97 Å². The van der Waals surface area contributed by atoms with Crippen molar-refractivity contribution in [1.29, 1.82) is 0 Å². The van der Waals surface area contributed by atoms with Crippen LogP contribution in [0.3, 0.4) is 0 Å². The Labute approximate surface area is 264 Å². The maximum absolute atomic E-state index is 6.38. The van der Waals surface area contributed by atoms with Gasteiger partial charge in [0.2, 0.25) is 0 Å². The van der Waals surface area contributed by atoms with Gasteiger partial charge < -0.3 is 14.4 Å². The Morgan fingerprint density at radius 1 is 0.833 bits per heavy atom. The summed E-state index contributed by atoms with van der Waals surface area (Å²) in [5, 5.41) is 3.82. The van der Waals surface area contributed by atoms with Crippen LogP contribution in [0.1, 0.15) is 37.5 Å². The van der Waals surface area contributed by atoms with Crippen molar-refractivity contribution < 1.29 is 24.5 Å². The standard InChI is InChI=1S/C25H28NOSi.C12H10N.Ir/c1-16-15-26-20(14-19(16)25(2,3)4)17-12-13-22(28(5,6)7)23-18-10-8-9-11-21(18)27-24(17)23;1-10-7-8-13-12(9-10)11-5-3-2-4-6-11;/h8-11,13-15H,1-7H3;2-5,7-9H,1H3;/q2*-1;. The molecule has 3 nitrogen and oxygen atoms in total. The quantitative estimate of drug-likeness (QED) is 0.134. The van der Waals surface area contributed by atoms with E-state index in [1.807, 2.05) is 48.8 Å². The van der Waals surface area contributed by atoms with E-state index in [1.54, 1.807) is 0 Å². The molecule has 1 radical (unpaired) electrons. The summed E-state index contributed by atoms with van der Waals surface area (Å²) in [6.45, 7) is 18.0. The number of rotatable bonds is 3. The van der Waals surface area contributed by atoms with Gasteiger partial charge in [-0.3, -0.25) is 0 Å². The maximum Gasteiger partial charge on any atom is 0.120 e. The van der Waals surface area contributed by atoms with Crippen molar-refractivity contribution in [3.63, 3.8) is 0 Å². The zero-order valence-corrected chi connectivity index (χ0v) is 29.1. The van der Waals surface area contributed by atoms with Crippen LogP contribution in [0.25, 0.3) is 44.5 Å². The minimum atomic E-state index is -1.56. The van der Waals surface area contributed by atoms with Gasteiger partial charge in [0.1, 0.15) is 5.58 Å². The van der Waals surface area contributed by atoms with Crippen LogP contribution in [-0.4, -0.2) is 18.0 Å². The zero-order valence-electron chi connectivity index (χ0n) is 25.7. The number of hydrogen-bond donors (Lipinski definition) is 0. The Hall–Kier alpha value is -3.37. The van der Waals surface area contributed by atoms with Crippen molar-refractivity contribution in [3.05, 3.63) is 114 Å². The summed E-state index contributed by atoms with van der Waals surface area (Å²) in [5.74, 6) is 0. The fraction of sp³-hybridized carbons (Fsp3) is 0.243. The van der Waals surface area contributed by atoms with Crippen molar-refractivity contribution in [2.75, 3.05) is 0 Å². The van der Waals surface area contributed by atoms with Crippen LogP contribution in [-0.2, 0) is 25.5 Å². The molecule has 42 heavy (non-hydrogen) atoms. The summed E-state index contributed by atoms with van der Waals surface area (Å²) in [6.07, 6.45) is 3.80. The molecule has 3 aromatic carbocycles. The molecule has 0 N–H and O–H groups in total. The molecule has 0 fully saturated rings. The number of aryl methyl sites for hydroxylation is 2. The van der Waals surface area contributed by atoms with Gasteiger partial charge in [-0.05, 0) is 53.9 Å². The topological polar surface area (TPSA) is 38.9 Å². The van der Waals surface area contributed by atoms with Gasteiger partial charge in [0.05, 0.1) is 5.58 Å². The van der Waals surface area contributed by atoms with Gasteiger partial charge in [0.25, 0.3) is 0 Å². The molecule has 0 amide bonds. The fourth-order valence-corrected chi connectivity index (χ4v) is 6.76. The third kappa shape index (κ3) is 6.65. The molecule has 0 spiro atoms. The second kappa shape index (κ2) is 12.5. The summed E-state index contributed by atoms with van der Waals surface area (Å²) >= 11 is 0. The second-order valence-corrected chi connectivity index (χ2v) is 17.8. The van der Waals surface area contributed by atoms with Gasteiger partial charge in [0.15, 0.2) is 0 Å². The van der Waals surface area contributed by atoms with Gasteiger partial charge >= 0.3 is 0 Å². The second-order valence-electron chi connectivity index (χ2n) is 12.8. The predicted molar refractivity (Wildman–Crippen MR) is 175 cm³/mol. The van der Waals surface area contributed by atoms with E-state index in [0.29, 0.717) is 0 Å². The molecule has 0 saturated heterocycles. The summed E-state index contributed by atoms with van der Waals surface area (Å²) in [6, 6.07) is 31.3. The van der Waals surface area contributed by atoms with Crippen LogP contribution >= 0.6 is 0 Å². The van der Waals surface area contributed by atoms with E-state index in [4.69, 9.17) is 9.40 Å². The molecule has 0 aliphatic rings. The number of furan rings is 1. The summed E-state index contributed by atoms with van der Waals surface area (Å²) < 4.78 is 6.38. The number of fused-ring (bicyclic) bond motifs is 3. The summed E-state index contributed by atoms with van der Waals surface area (Å²) in [4.78, 5) is 9.03. The van der Waals surface area contributed by atoms with E-state index in [0.717, 1.165) is 33.7 Å². The number of benzene rings is 3. The van der Waals surface area contributed by atoms with Crippen molar-refractivity contribution in [2.24, 2.45) is 0 Å². The van der Waals surface area contributed by atoms with Crippen LogP contribution in [0.2, 0.25) is 19.6 Å². The number of aromatic nitrogens is 2. The summed E-state index contributed by atoms with van der Waals surface area (Å²) in [7, 11) is -1.56. The molecule has 0 atom stereocenters. The number of para-hydroxylation sites is 1. The molecule has 3 aromatic heterocycles. The normalized spacial score (nSPS) is 11.6. The predicted octanol–water partition coefficient (Wildman–Crippen LogP) is 9.45. The molecule has 0 aliphatic heterocycles. The maximum atomic E-state index is 6.38. The molecule has 0 saturated carbocycles. The van der Waals surface area contributed by atoms with Crippen molar-refractivity contribution >= 4 is 35.2 Å². The molecule has 0 unspecified atom stereocenters. The van der Waals surface area contributed by atoms with E-state index in [2.05, 4.69) is 108 Å². The molecule has 6 rings (SSSR count). The molecule has 0 bridgehead atoms. The van der Waals surface area contributed by atoms with Gasteiger partial charge in [-0.1, -0.05) is 87.3 Å². The Bertz CT molecular complexity index is 1830. The monoisotopic (exact) mass is 747 g/mol. The van der Waals surface area contributed by atoms with E-state index >= 15 is 0 Å². The van der Waals surface area contributed by atoms with Gasteiger partial charge in [-0.15, -0.1) is 53.2 Å². The molecule has 3 heterocycles. The Kier molecular flexibility index (Phi) is 9.37. The molecule has 6 aromatic rings. The molecule has 5 heteroatoms. The van der Waals surface area contributed by atoms with Crippen molar-refractivity contribution in [3.8, 4) is 22.5 Å². The number of hydrogen-bond acceptors (Lipinski definition) is 3. The van der Waals surface area contributed by atoms with Crippen LogP contribution in [0.5, 0.6) is 0 Å². The first kappa shape index (κ1) is 31.6. The molecule has 0 aliphatic carbocycles. The molecular formula is C37H38IrN2OSi-2. The third-order valence-corrected chi connectivity index (χ3v) is 9.34. The SMILES string of the molecule is Cc1ccnc(-c2[c-]cccc2)c1.Cc1cnc(-c2[c-]cc([Si](C)(C)C)c3c2oc2ccccc23)cc1C(C)(C)C.[Ir]. The van der Waals surface area contributed by atoms with Crippen LogP contribution in [0.4, 0.5) is 0 Å². The summed E-state index contributed by atoms with van der Waals surface area (Å²) in [5.41, 5.74) is 9.58. The average Bonchev–Trinajstić information content (AvgIpc) is 3.32. The van der Waals surface area contributed by atoms with Gasteiger partial charge in [-0.2, -0.15) is 0 Å². The van der Waals surface area contributed by atoms with E-state index in [1.165, 1.54) is 32.6 Å². The van der Waals surface area contributed by atoms with E-state index in [9.17, 15) is 0 Å². The first-order valence-corrected chi connectivity index (χ1v) is 17.7. The molecule has 217 valence electrons. The van der Waals surface area contributed by atoms with Gasteiger partial charge in [0, 0.05) is 46.0 Å². The van der Waals surface area contributed by atoms with Crippen LogP contribution in [0.15, 0.2) is 89.6 Å². The number of nitrogens with zero attached hydrogens (tertiary/aromatic N) is 2. The minimum Gasteiger partial charge on any atom is -0.501 e. The fourth-order valence-electron chi connectivity index (χ4n) is 5.26. The Balaban J connectivity index is 0.000000243. The molecular weight excluding hydrogens is 709 g/mol. The van der Waals surface area contributed by atoms with Gasteiger partial charge in [-0.25, -0.2) is 0 Å². The zero-order chi connectivity index (χ0) is 29.4. The first-order valence-electron chi connectivity index (χ1n) is 14.2. The Morgan fingerprint density at radius 3 is 2.24 bits per heavy atom. The van der Waals surface area contributed by atoms with Crippen molar-refractivity contribution in [2.45, 2.75) is 59.7 Å². The first-order chi connectivity index (χ1) is 19.4. The van der Waals surface area contributed by atoms with E-state index < -0.39 is 8.07 Å². The minimum absolute atomic E-state index is 0. The average molecular weight is 747 g/mol. The smallest absolute Gasteiger partial charge is 0.120 e.